The summed E-state index contributed by atoms with van der Waals surface area (Å²) >= 11 is 0. The molecule has 0 bridgehead atoms. The number of carbonyl (C=O) groups is 3. The molecular formula is C40H46N2O7Si. The number of benzene rings is 4. The number of methoxy groups -OCH3 is 1. The number of nitrogens with zero attached hydrogens (tertiary/aromatic N) is 1. The third-order valence-electron chi connectivity index (χ3n) is 8.35. The first-order valence-corrected chi connectivity index (χ1v) is 18.4. The molecule has 0 aliphatic heterocycles. The minimum absolute atomic E-state index is 0.0468. The van der Waals surface area contributed by atoms with E-state index in [9.17, 15) is 14.4 Å². The summed E-state index contributed by atoms with van der Waals surface area (Å²) in [6, 6.07) is 34.3. The van der Waals surface area contributed by atoms with E-state index in [1.54, 1.807) is 23.1 Å². The van der Waals surface area contributed by atoms with Crippen molar-refractivity contribution < 1.29 is 33.0 Å². The zero-order valence-electron chi connectivity index (χ0n) is 29.4. The number of hydrogen-bond acceptors (Lipinski definition) is 7. The van der Waals surface area contributed by atoms with Gasteiger partial charge in [-0.3, -0.25) is 14.9 Å². The Labute approximate surface area is 296 Å². The smallest absolute Gasteiger partial charge is 0.412 e. The molecule has 10 heteroatoms. The normalized spacial score (nSPS) is 11.9. The van der Waals surface area contributed by atoms with Crippen molar-refractivity contribution >= 4 is 42.3 Å². The molecule has 0 saturated carbocycles. The van der Waals surface area contributed by atoms with Gasteiger partial charge >= 0.3 is 12.1 Å². The van der Waals surface area contributed by atoms with Crippen LogP contribution in [0.3, 0.4) is 0 Å². The summed E-state index contributed by atoms with van der Waals surface area (Å²) in [6.45, 7) is 11.5. The fraction of sp³-hybridized carbons (Fsp3) is 0.275. The lowest BCUT2D eigenvalue weighted by atomic mass is 10.0. The topological polar surface area (TPSA) is 103 Å². The molecule has 4 rings (SSSR count). The minimum atomic E-state index is -3.08. The van der Waals surface area contributed by atoms with Crippen LogP contribution in [-0.2, 0) is 30.1 Å². The van der Waals surface area contributed by atoms with Crippen LogP contribution >= 0.6 is 0 Å². The van der Waals surface area contributed by atoms with Gasteiger partial charge in [-0.2, -0.15) is 0 Å². The average Bonchev–Trinajstić information content (AvgIpc) is 3.11. The van der Waals surface area contributed by atoms with Gasteiger partial charge in [-0.05, 0) is 27.0 Å². The number of amides is 2. The molecule has 4 aromatic rings. The summed E-state index contributed by atoms with van der Waals surface area (Å²) in [6.07, 6.45) is 0.940. The Kier molecular flexibility index (Phi) is 13.1. The highest BCUT2D eigenvalue weighted by atomic mass is 28.4. The van der Waals surface area contributed by atoms with Crippen molar-refractivity contribution in [3.8, 4) is 5.75 Å². The molecule has 4 aromatic carbocycles. The Morgan fingerprint density at radius 3 is 1.94 bits per heavy atom. The molecule has 262 valence electrons. The molecular weight excluding hydrogens is 649 g/mol. The summed E-state index contributed by atoms with van der Waals surface area (Å²) in [5.74, 6) is -0.691. The average molecular weight is 695 g/mol. The molecule has 1 N–H and O–H groups in total. The van der Waals surface area contributed by atoms with Gasteiger partial charge in [0.15, 0.2) is 6.61 Å². The SMILES string of the molecule is C=CCN(C(=O)COC(C)=O)[C@@H](CO[Si](c1ccccc1)(c1ccccc1)C(C)(C)C)c1cccc(NC(=O)OCc2ccccc2)c1OC. The van der Waals surface area contributed by atoms with E-state index in [4.69, 9.17) is 18.6 Å². The first-order chi connectivity index (χ1) is 24.0. The van der Waals surface area contributed by atoms with Gasteiger partial charge in [-0.15, -0.1) is 6.58 Å². The number of esters is 1. The van der Waals surface area contributed by atoms with E-state index in [0.29, 0.717) is 17.0 Å². The molecule has 50 heavy (non-hydrogen) atoms. The quantitative estimate of drug-likeness (QED) is 0.0846. The van der Waals surface area contributed by atoms with Gasteiger partial charge in [0.25, 0.3) is 14.2 Å². The van der Waals surface area contributed by atoms with Gasteiger partial charge in [0, 0.05) is 19.0 Å². The zero-order valence-corrected chi connectivity index (χ0v) is 30.4. The highest BCUT2D eigenvalue weighted by Gasteiger charge is 2.51. The predicted molar refractivity (Wildman–Crippen MR) is 198 cm³/mol. The van der Waals surface area contributed by atoms with Gasteiger partial charge in [0.05, 0.1) is 25.4 Å². The highest BCUT2D eigenvalue weighted by Crippen LogP contribution is 2.40. The van der Waals surface area contributed by atoms with Crippen LogP contribution in [0.5, 0.6) is 5.75 Å². The van der Waals surface area contributed by atoms with Gasteiger partial charge in [0.1, 0.15) is 12.4 Å². The number of ether oxygens (including phenoxy) is 3. The molecule has 1 atom stereocenters. The summed E-state index contributed by atoms with van der Waals surface area (Å²) in [5, 5.41) is 4.60. The maximum atomic E-state index is 13.8. The van der Waals surface area contributed by atoms with E-state index in [-0.39, 0.29) is 24.8 Å². The fourth-order valence-electron chi connectivity index (χ4n) is 6.11. The van der Waals surface area contributed by atoms with Crippen molar-refractivity contribution in [1.82, 2.24) is 4.90 Å². The maximum absolute atomic E-state index is 13.8. The number of rotatable bonds is 15. The van der Waals surface area contributed by atoms with E-state index < -0.39 is 38.9 Å². The second kappa shape index (κ2) is 17.5. The molecule has 0 unspecified atom stereocenters. The van der Waals surface area contributed by atoms with Crippen LogP contribution in [-0.4, -0.2) is 58.1 Å². The second-order valence-electron chi connectivity index (χ2n) is 12.7. The van der Waals surface area contributed by atoms with E-state index in [2.05, 4.69) is 56.9 Å². The minimum Gasteiger partial charge on any atom is -0.494 e. The first kappa shape index (κ1) is 37.6. The third kappa shape index (κ3) is 9.07. The van der Waals surface area contributed by atoms with Crippen molar-refractivity contribution in [3.63, 3.8) is 0 Å². The van der Waals surface area contributed by atoms with Crippen LogP contribution in [0, 0.1) is 0 Å². The molecule has 0 saturated heterocycles. The lowest BCUT2D eigenvalue weighted by Crippen LogP contribution is -2.67. The molecule has 0 aliphatic rings. The van der Waals surface area contributed by atoms with Crippen LogP contribution in [0.2, 0.25) is 5.04 Å². The summed E-state index contributed by atoms with van der Waals surface area (Å²) in [7, 11) is -1.58. The monoisotopic (exact) mass is 694 g/mol. The fourth-order valence-corrected chi connectivity index (χ4v) is 10.7. The Morgan fingerprint density at radius 1 is 0.840 bits per heavy atom. The summed E-state index contributed by atoms with van der Waals surface area (Å²) < 4.78 is 23.9. The van der Waals surface area contributed by atoms with Gasteiger partial charge in [-0.25, -0.2) is 4.79 Å². The molecule has 0 radical (unpaired) electrons. The Morgan fingerprint density at radius 2 is 1.42 bits per heavy atom. The number of para-hydroxylation sites is 1. The van der Waals surface area contributed by atoms with Crippen molar-refractivity contribution in [2.45, 2.75) is 45.4 Å². The second-order valence-corrected chi connectivity index (χ2v) is 17.0. The van der Waals surface area contributed by atoms with Crippen LogP contribution in [0.4, 0.5) is 10.5 Å². The molecule has 0 aliphatic carbocycles. The van der Waals surface area contributed by atoms with E-state index in [1.165, 1.54) is 14.0 Å². The zero-order chi connectivity index (χ0) is 36.1. The number of anilines is 1. The van der Waals surface area contributed by atoms with Gasteiger partial charge < -0.3 is 23.5 Å². The predicted octanol–water partition coefficient (Wildman–Crippen LogP) is 6.64. The molecule has 0 heterocycles. The Bertz CT molecular complexity index is 1690. The molecule has 2 amide bonds. The van der Waals surface area contributed by atoms with Gasteiger partial charge in [-0.1, -0.05) is 130 Å². The maximum Gasteiger partial charge on any atom is 0.412 e. The number of nitrogens with one attached hydrogen (secondary N) is 1. The molecule has 0 aromatic heterocycles. The Balaban J connectivity index is 1.81. The van der Waals surface area contributed by atoms with Crippen LogP contribution in [0.1, 0.15) is 44.9 Å². The number of hydrogen-bond donors (Lipinski definition) is 1. The van der Waals surface area contributed by atoms with Crippen LogP contribution < -0.4 is 20.4 Å². The third-order valence-corrected chi connectivity index (χ3v) is 13.4. The lowest BCUT2D eigenvalue weighted by molar-refractivity contribution is -0.151. The van der Waals surface area contributed by atoms with Crippen molar-refractivity contribution in [2.75, 3.05) is 32.2 Å². The van der Waals surface area contributed by atoms with E-state index >= 15 is 0 Å². The van der Waals surface area contributed by atoms with E-state index in [0.717, 1.165) is 15.9 Å². The molecule has 0 spiro atoms. The van der Waals surface area contributed by atoms with Gasteiger partial charge in [0.2, 0.25) is 0 Å². The van der Waals surface area contributed by atoms with Crippen molar-refractivity contribution in [3.05, 3.63) is 133 Å². The first-order valence-electron chi connectivity index (χ1n) is 16.4. The highest BCUT2D eigenvalue weighted by molar-refractivity contribution is 6.99. The molecule has 0 fully saturated rings. The van der Waals surface area contributed by atoms with Crippen LogP contribution in [0.25, 0.3) is 0 Å². The molecule has 9 nitrogen and oxygen atoms in total. The standard InChI is InChI=1S/C40H46N2O7Si/c1-7-26-42(37(44)29-47-30(2)43)36(28-49-50(40(3,4)5,32-20-13-9-14-21-32)33-22-15-10-16-23-33)34-24-17-25-35(38(34)46-6)41-39(45)48-27-31-18-11-8-12-19-31/h7-25,36H,1,26-29H2,2-6H3,(H,41,45)/t36-/m0/s1. The van der Waals surface area contributed by atoms with Crippen molar-refractivity contribution in [1.29, 1.82) is 0 Å². The Hall–Kier alpha value is -5.19. The van der Waals surface area contributed by atoms with E-state index in [1.807, 2.05) is 72.8 Å². The largest absolute Gasteiger partial charge is 0.494 e. The summed E-state index contributed by atoms with van der Waals surface area (Å²) in [5.41, 5.74) is 1.77. The summed E-state index contributed by atoms with van der Waals surface area (Å²) in [4.78, 5) is 40.1. The lowest BCUT2D eigenvalue weighted by Gasteiger charge is -2.44. The van der Waals surface area contributed by atoms with Crippen molar-refractivity contribution in [2.24, 2.45) is 0 Å². The number of carbonyl (C=O) groups excluding carboxylic acids is 3. The van der Waals surface area contributed by atoms with Crippen LogP contribution in [0.15, 0.2) is 122 Å².